The van der Waals surface area contributed by atoms with Crippen molar-refractivity contribution in [2.75, 3.05) is 6.54 Å². The summed E-state index contributed by atoms with van der Waals surface area (Å²) in [5.74, 6) is -1.43. The average molecular weight is 202 g/mol. The third kappa shape index (κ3) is 1.74. The zero-order chi connectivity index (χ0) is 10.0. The van der Waals surface area contributed by atoms with Crippen LogP contribution in [0.25, 0.3) is 0 Å². The van der Waals surface area contributed by atoms with Crippen LogP contribution < -0.4 is 5.73 Å². The summed E-state index contributed by atoms with van der Waals surface area (Å²) in [6.45, 7) is -0.267. The molecule has 1 rings (SSSR count). The fourth-order valence-corrected chi connectivity index (χ4v) is 1.18. The Bertz CT molecular complexity index is 351. The Kier molecular flexibility index (Phi) is 2.75. The van der Waals surface area contributed by atoms with Crippen LogP contribution in [-0.4, -0.2) is 22.5 Å². The summed E-state index contributed by atoms with van der Waals surface area (Å²) >= 11 is 5.63. The van der Waals surface area contributed by atoms with Crippen LogP contribution in [0.5, 0.6) is 11.5 Å². The second-order valence-corrected chi connectivity index (χ2v) is 2.82. The SMILES string of the molecule is NCC(=O)c1c(Cl)ccc(O)c1O. The number of Topliss-reactive ketones (excluding diaryl/α,β-unsaturated/α-hetero) is 1. The van der Waals surface area contributed by atoms with Gasteiger partial charge in [-0.2, -0.15) is 0 Å². The van der Waals surface area contributed by atoms with E-state index >= 15 is 0 Å². The van der Waals surface area contributed by atoms with Crippen molar-refractivity contribution in [1.82, 2.24) is 0 Å². The third-order valence-corrected chi connectivity index (χ3v) is 1.88. The van der Waals surface area contributed by atoms with E-state index in [1.54, 1.807) is 0 Å². The number of rotatable bonds is 2. The highest BCUT2D eigenvalue weighted by atomic mass is 35.5. The largest absolute Gasteiger partial charge is 0.504 e. The molecule has 0 saturated carbocycles. The molecule has 0 saturated heterocycles. The molecule has 0 spiro atoms. The highest BCUT2D eigenvalue weighted by Gasteiger charge is 2.16. The summed E-state index contributed by atoms with van der Waals surface area (Å²) < 4.78 is 0. The molecule has 0 amide bonds. The van der Waals surface area contributed by atoms with Crippen molar-refractivity contribution in [3.05, 3.63) is 22.7 Å². The van der Waals surface area contributed by atoms with Crippen molar-refractivity contribution in [2.24, 2.45) is 5.73 Å². The molecule has 70 valence electrons. The van der Waals surface area contributed by atoms with Crippen LogP contribution in [0.4, 0.5) is 0 Å². The predicted molar refractivity (Wildman–Crippen MR) is 48.2 cm³/mol. The van der Waals surface area contributed by atoms with Gasteiger partial charge in [0.05, 0.1) is 17.1 Å². The van der Waals surface area contributed by atoms with Crippen LogP contribution in [0, 0.1) is 0 Å². The number of nitrogens with two attached hydrogens (primary N) is 1. The number of hydrogen-bond donors (Lipinski definition) is 3. The van der Waals surface area contributed by atoms with Gasteiger partial charge in [0.2, 0.25) is 0 Å². The van der Waals surface area contributed by atoms with Crippen molar-refractivity contribution in [1.29, 1.82) is 0 Å². The molecule has 0 aromatic heterocycles. The molecule has 4 nitrogen and oxygen atoms in total. The lowest BCUT2D eigenvalue weighted by molar-refractivity contribution is 0.0998. The Morgan fingerprint density at radius 3 is 2.62 bits per heavy atom. The van der Waals surface area contributed by atoms with Crippen molar-refractivity contribution in [3.8, 4) is 11.5 Å². The summed E-state index contributed by atoms with van der Waals surface area (Å²) in [5, 5.41) is 18.4. The fraction of sp³-hybridized carbons (Fsp3) is 0.125. The normalized spacial score (nSPS) is 10.0. The number of hydrogen-bond acceptors (Lipinski definition) is 4. The zero-order valence-electron chi connectivity index (χ0n) is 6.62. The molecule has 0 bridgehead atoms. The van der Waals surface area contributed by atoms with E-state index in [0.717, 1.165) is 0 Å². The minimum Gasteiger partial charge on any atom is -0.504 e. The molecule has 0 fully saturated rings. The minimum atomic E-state index is -0.525. The predicted octanol–water partition coefficient (Wildman–Crippen LogP) is 0.893. The maximum Gasteiger partial charge on any atom is 0.181 e. The van der Waals surface area contributed by atoms with Gasteiger partial charge < -0.3 is 15.9 Å². The average Bonchev–Trinajstić information content (AvgIpc) is 2.12. The van der Waals surface area contributed by atoms with Gasteiger partial charge >= 0.3 is 0 Å². The number of benzene rings is 1. The molecule has 0 aliphatic carbocycles. The first-order valence-corrected chi connectivity index (χ1v) is 3.89. The Hall–Kier alpha value is -1.26. The first-order chi connectivity index (χ1) is 6.07. The lowest BCUT2D eigenvalue weighted by Gasteiger charge is -2.05. The molecular formula is C8H8ClNO3. The number of aromatic hydroxyl groups is 2. The van der Waals surface area contributed by atoms with Gasteiger partial charge in [-0.3, -0.25) is 4.79 Å². The van der Waals surface area contributed by atoms with E-state index in [1.807, 2.05) is 0 Å². The van der Waals surface area contributed by atoms with E-state index in [-0.39, 0.29) is 22.9 Å². The molecule has 0 radical (unpaired) electrons. The molecule has 13 heavy (non-hydrogen) atoms. The van der Waals surface area contributed by atoms with Crippen molar-refractivity contribution in [2.45, 2.75) is 0 Å². The van der Waals surface area contributed by atoms with Crippen molar-refractivity contribution in [3.63, 3.8) is 0 Å². The number of halogens is 1. The fourth-order valence-electron chi connectivity index (χ4n) is 0.923. The molecule has 4 N–H and O–H groups in total. The van der Waals surface area contributed by atoms with E-state index in [1.165, 1.54) is 12.1 Å². The highest BCUT2D eigenvalue weighted by molar-refractivity contribution is 6.34. The van der Waals surface area contributed by atoms with E-state index in [4.69, 9.17) is 22.4 Å². The summed E-state index contributed by atoms with van der Waals surface area (Å²) in [5.41, 5.74) is 4.96. The molecule has 0 atom stereocenters. The summed E-state index contributed by atoms with van der Waals surface area (Å²) in [4.78, 5) is 11.1. The second kappa shape index (κ2) is 3.64. The zero-order valence-corrected chi connectivity index (χ0v) is 7.38. The van der Waals surface area contributed by atoms with Crippen LogP contribution in [-0.2, 0) is 0 Å². The van der Waals surface area contributed by atoms with Gasteiger partial charge in [-0.1, -0.05) is 11.6 Å². The standard InChI is InChI=1S/C8H8ClNO3/c9-4-1-2-5(11)8(13)7(4)6(12)3-10/h1-2,11,13H,3,10H2. The number of carbonyl (C=O) groups is 1. The van der Waals surface area contributed by atoms with Crippen LogP contribution >= 0.6 is 11.6 Å². The van der Waals surface area contributed by atoms with Gasteiger partial charge in [0.15, 0.2) is 17.3 Å². The molecule has 1 aromatic carbocycles. The van der Waals surface area contributed by atoms with Gasteiger partial charge in [-0.25, -0.2) is 0 Å². The number of ketones is 1. The first kappa shape index (κ1) is 9.83. The van der Waals surface area contributed by atoms with E-state index in [0.29, 0.717) is 0 Å². The summed E-state index contributed by atoms with van der Waals surface area (Å²) in [6, 6.07) is 2.52. The number of phenolic OH excluding ortho intramolecular Hbond substituents is 2. The summed E-state index contributed by atoms with van der Waals surface area (Å²) in [6.07, 6.45) is 0. The Morgan fingerprint density at radius 1 is 1.46 bits per heavy atom. The topological polar surface area (TPSA) is 83.6 Å². The van der Waals surface area contributed by atoms with E-state index in [2.05, 4.69) is 0 Å². The van der Waals surface area contributed by atoms with Gasteiger partial charge in [0, 0.05) is 0 Å². The number of carbonyl (C=O) groups excluding carboxylic acids is 1. The van der Waals surface area contributed by atoms with E-state index in [9.17, 15) is 9.90 Å². The maximum atomic E-state index is 11.1. The van der Waals surface area contributed by atoms with Crippen LogP contribution in [0.1, 0.15) is 10.4 Å². The number of phenols is 2. The van der Waals surface area contributed by atoms with Gasteiger partial charge in [0.1, 0.15) is 0 Å². The molecule has 0 heterocycles. The quantitative estimate of drug-likeness (QED) is 0.490. The molecule has 1 aromatic rings. The Labute approximate surface area is 79.6 Å². The lowest BCUT2D eigenvalue weighted by atomic mass is 10.1. The molecule has 0 aliphatic heterocycles. The third-order valence-electron chi connectivity index (χ3n) is 1.57. The van der Waals surface area contributed by atoms with Gasteiger partial charge in [0.25, 0.3) is 0 Å². The van der Waals surface area contributed by atoms with Gasteiger partial charge in [-0.05, 0) is 12.1 Å². The molecular weight excluding hydrogens is 194 g/mol. The Balaban J connectivity index is 3.33. The van der Waals surface area contributed by atoms with Crippen LogP contribution in [0.3, 0.4) is 0 Å². The molecule has 0 aliphatic rings. The van der Waals surface area contributed by atoms with Crippen LogP contribution in [0.2, 0.25) is 5.02 Å². The molecule has 5 heteroatoms. The van der Waals surface area contributed by atoms with Crippen LogP contribution in [0.15, 0.2) is 12.1 Å². The lowest BCUT2D eigenvalue weighted by Crippen LogP contribution is -2.14. The van der Waals surface area contributed by atoms with Crippen molar-refractivity contribution < 1.29 is 15.0 Å². The van der Waals surface area contributed by atoms with E-state index < -0.39 is 11.5 Å². The monoisotopic (exact) mass is 201 g/mol. The minimum absolute atomic E-state index is 0.0748. The highest BCUT2D eigenvalue weighted by Crippen LogP contribution is 2.33. The summed E-state index contributed by atoms with van der Waals surface area (Å²) in [7, 11) is 0. The van der Waals surface area contributed by atoms with Crippen molar-refractivity contribution >= 4 is 17.4 Å². The smallest absolute Gasteiger partial charge is 0.181 e. The Morgan fingerprint density at radius 2 is 2.08 bits per heavy atom. The maximum absolute atomic E-state index is 11.1. The molecule has 0 unspecified atom stereocenters. The second-order valence-electron chi connectivity index (χ2n) is 2.42. The first-order valence-electron chi connectivity index (χ1n) is 3.51. The van der Waals surface area contributed by atoms with Gasteiger partial charge in [-0.15, -0.1) is 0 Å².